The monoisotopic (exact) mass is 380 g/mol. The molecule has 136 valence electrons. The Morgan fingerprint density at radius 1 is 0.769 bits per heavy atom. The largest absolute Gasteiger partial charge is 1.00 e. The first kappa shape index (κ1) is 40.4. The minimum absolute atomic E-state index is 0. The van der Waals surface area contributed by atoms with Crippen molar-refractivity contribution in [3.8, 4) is 0 Å². The van der Waals surface area contributed by atoms with Crippen LogP contribution in [0.5, 0.6) is 0 Å². The summed E-state index contributed by atoms with van der Waals surface area (Å²) in [6, 6.07) is 0. The third kappa shape index (κ3) is 31.5. The van der Waals surface area contributed by atoms with E-state index in [2.05, 4.69) is 0 Å². The van der Waals surface area contributed by atoms with Gasteiger partial charge in [0.05, 0.1) is 11.9 Å². The van der Waals surface area contributed by atoms with E-state index in [-0.39, 0.29) is 56.6 Å². The molecule has 0 radical (unpaired) electrons. The first-order valence-electron chi connectivity index (χ1n) is 4.72. The van der Waals surface area contributed by atoms with Crippen molar-refractivity contribution in [2.75, 3.05) is 0 Å². The topological polar surface area (TPSA) is 181 Å². The summed E-state index contributed by atoms with van der Waals surface area (Å²) in [5, 5.41) is 48.9. The molecule has 0 aliphatic rings. The molecule has 0 bridgehead atoms. The molecule has 0 aliphatic carbocycles. The molecule has 0 saturated heterocycles. The van der Waals surface area contributed by atoms with Crippen LogP contribution in [0.3, 0.4) is 0 Å². The number of carboxylic acids is 3. The van der Waals surface area contributed by atoms with Gasteiger partial charge in [-0.15, -0.1) is 0 Å². The molecule has 19 heteroatoms. The molecule has 0 rings (SSSR count). The van der Waals surface area contributed by atoms with Crippen molar-refractivity contribution in [3.63, 3.8) is 0 Å². The standard InChI is InChI=1S/C5H4F6O2.C2H2O4.BH3O3.3Li/c6-4(7,8)2(1-3(12)13)5(9,10)11;3-1(4)2(5)6;2-1(3)4;;;/h2H,1H2,(H,12,13);(H,3,4)(H,5,6);2-4H;;;/q;;;3*+1/p-3. The van der Waals surface area contributed by atoms with Crippen LogP contribution in [0.1, 0.15) is 6.42 Å². The quantitative estimate of drug-likeness (QED) is 0.238. The van der Waals surface area contributed by atoms with Crippen molar-refractivity contribution in [1.29, 1.82) is 0 Å². The van der Waals surface area contributed by atoms with Gasteiger partial charge in [-0.25, -0.2) is 0 Å². The molecule has 0 heterocycles. The second-order valence-corrected chi connectivity index (χ2v) is 3.13. The summed E-state index contributed by atoms with van der Waals surface area (Å²) in [5.41, 5.74) is 0. The Morgan fingerprint density at radius 3 is 1.00 bits per heavy atom. The number of hydrogen-bond donors (Lipinski definition) is 3. The van der Waals surface area contributed by atoms with E-state index >= 15 is 0 Å². The molecule has 0 fully saturated rings. The summed E-state index contributed by atoms with van der Waals surface area (Å²) in [6.07, 6.45) is -13.3. The normalized spacial score (nSPS) is 9.46. The van der Waals surface area contributed by atoms with Gasteiger partial charge in [-0.1, -0.05) is 0 Å². The maximum atomic E-state index is 11.6. The second kappa shape index (κ2) is 18.1. The first-order chi connectivity index (χ1) is 9.92. The van der Waals surface area contributed by atoms with Gasteiger partial charge in [0, 0.05) is 12.4 Å². The van der Waals surface area contributed by atoms with Gasteiger partial charge in [0.25, 0.3) is 0 Å². The third-order valence-corrected chi connectivity index (χ3v) is 1.33. The molecule has 0 aliphatic heterocycles. The van der Waals surface area contributed by atoms with Crippen LogP contribution >= 0.6 is 0 Å². The van der Waals surface area contributed by atoms with Crippen LogP contribution in [0.15, 0.2) is 0 Å². The molecule has 26 heavy (non-hydrogen) atoms. The molecule has 0 atom stereocenters. The van der Waals surface area contributed by atoms with E-state index < -0.39 is 49.9 Å². The summed E-state index contributed by atoms with van der Waals surface area (Å²) >= 11 is 0. The number of hydrogen-bond acceptors (Lipinski definition) is 9. The SMILES string of the molecule is O=C([O-])C(=O)[O-].O=C([O-])CC(C(F)(F)F)C(F)(F)F.OB(O)O.[Li+].[Li+].[Li+]. The number of carboxylic acid groups (broad SMARTS) is 3. The van der Waals surface area contributed by atoms with Crippen molar-refractivity contribution in [2.45, 2.75) is 18.8 Å². The van der Waals surface area contributed by atoms with Crippen molar-refractivity contribution in [3.05, 3.63) is 0 Å². The average molecular weight is 380 g/mol. The van der Waals surface area contributed by atoms with Gasteiger partial charge in [0.1, 0.15) is 0 Å². The smallest absolute Gasteiger partial charge is 0.550 e. The molecule has 0 unspecified atom stereocenters. The fraction of sp³-hybridized carbons (Fsp3) is 0.571. The van der Waals surface area contributed by atoms with Gasteiger partial charge in [0.15, 0.2) is 5.92 Å². The second-order valence-electron chi connectivity index (χ2n) is 3.13. The van der Waals surface area contributed by atoms with Crippen LogP contribution in [0.25, 0.3) is 0 Å². The van der Waals surface area contributed by atoms with Crippen LogP contribution in [-0.2, 0) is 14.4 Å². The van der Waals surface area contributed by atoms with Crippen LogP contribution in [-0.4, -0.2) is 52.7 Å². The van der Waals surface area contributed by atoms with E-state index in [4.69, 9.17) is 34.9 Å². The summed E-state index contributed by atoms with van der Waals surface area (Å²) in [5.74, 6) is -10.6. The van der Waals surface area contributed by atoms with Gasteiger partial charge in [-0.05, 0) is 0 Å². The van der Waals surface area contributed by atoms with E-state index in [1.165, 1.54) is 0 Å². The molecule has 3 N–H and O–H groups in total. The van der Waals surface area contributed by atoms with E-state index in [0.29, 0.717) is 0 Å². The number of rotatable bonds is 2. The molecular weight excluding hydrogens is 374 g/mol. The van der Waals surface area contributed by atoms with Gasteiger partial charge < -0.3 is 44.8 Å². The number of halogens is 6. The fourth-order valence-electron chi connectivity index (χ4n) is 0.584. The number of alkyl halides is 6. The Kier molecular flexibility index (Phi) is 28.2. The van der Waals surface area contributed by atoms with Gasteiger partial charge >= 0.3 is 76.3 Å². The Labute approximate surface area is 177 Å². The Bertz CT molecular complexity index is 377. The van der Waals surface area contributed by atoms with Crippen LogP contribution in [0.2, 0.25) is 0 Å². The minimum Gasteiger partial charge on any atom is -0.550 e. The van der Waals surface area contributed by atoms with Gasteiger partial charge in [0.2, 0.25) is 0 Å². The summed E-state index contributed by atoms with van der Waals surface area (Å²) in [6.45, 7) is 0. The summed E-state index contributed by atoms with van der Waals surface area (Å²) < 4.78 is 69.4. The van der Waals surface area contributed by atoms with Crippen molar-refractivity contribution >= 4 is 25.2 Å². The summed E-state index contributed by atoms with van der Waals surface area (Å²) in [7, 11) is -2.17. The van der Waals surface area contributed by atoms with Gasteiger partial charge in [-0.3, -0.25) is 0 Å². The first-order valence-corrected chi connectivity index (χ1v) is 4.72. The van der Waals surface area contributed by atoms with E-state index in [1.54, 1.807) is 0 Å². The molecule has 9 nitrogen and oxygen atoms in total. The van der Waals surface area contributed by atoms with Gasteiger partial charge in [-0.2, -0.15) is 26.3 Å². The summed E-state index contributed by atoms with van der Waals surface area (Å²) in [4.78, 5) is 27.4. The number of aliphatic carboxylic acids is 3. The minimum atomic E-state index is -5.61. The molecule has 0 aromatic carbocycles. The zero-order chi connectivity index (χ0) is 19.6. The Hall–Kier alpha value is -0.273. The van der Waals surface area contributed by atoms with Crippen molar-refractivity contribution < 1.29 is 128 Å². The van der Waals surface area contributed by atoms with Crippen LogP contribution < -0.4 is 71.9 Å². The van der Waals surface area contributed by atoms with E-state index in [9.17, 15) is 36.2 Å². The van der Waals surface area contributed by atoms with Crippen molar-refractivity contribution in [1.82, 2.24) is 0 Å². The molecule has 0 aromatic heterocycles. The molecule has 0 saturated carbocycles. The molecule has 0 aromatic rings. The van der Waals surface area contributed by atoms with E-state index in [1.807, 2.05) is 0 Å². The predicted octanol–water partition coefficient (Wildman–Crippen LogP) is -13.7. The molecule has 0 amide bonds. The maximum Gasteiger partial charge on any atom is 1.00 e. The average Bonchev–Trinajstić information content (AvgIpc) is 2.22. The number of carbonyl (C=O) groups excluding carboxylic acids is 3. The zero-order valence-electron chi connectivity index (χ0n) is 13.4. The fourth-order valence-corrected chi connectivity index (χ4v) is 0.584. The zero-order valence-corrected chi connectivity index (χ0v) is 13.4. The predicted molar refractivity (Wildman–Crippen MR) is 47.6 cm³/mol. The van der Waals surface area contributed by atoms with Crippen LogP contribution in [0.4, 0.5) is 26.3 Å². The third-order valence-electron chi connectivity index (χ3n) is 1.33. The molecular formula is C7H6BF6Li3O9. The van der Waals surface area contributed by atoms with Crippen molar-refractivity contribution in [2.24, 2.45) is 5.92 Å². The Morgan fingerprint density at radius 2 is 0.962 bits per heavy atom. The van der Waals surface area contributed by atoms with E-state index in [0.717, 1.165) is 0 Å². The number of carbonyl (C=O) groups is 3. The molecule has 0 spiro atoms. The Balaban J connectivity index is -0.0000000655. The maximum absolute atomic E-state index is 11.6. The van der Waals surface area contributed by atoms with Crippen LogP contribution in [0, 0.1) is 5.92 Å².